The molecule has 0 bridgehead atoms. The van der Waals surface area contributed by atoms with Crippen molar-refractivity contribution in [2.45, 2.75) is 6.92 Å². The van der Waals surface area contributed by atoms with E-state index in [-0.39, 0.29) is 0 Å². The molecule has 0 saturated carbocycles. The number of fused-ring (bicyclic) bond motifs is 1. The number of pyridine rings is 1. The second kappa shape index (κ2) is 4.14. The molecule has 2 heterocycles. The first kappa shape index (κ1) is 8.28. The third-order valence-electron chi connectivity index (χ3n) is 1.32. The van der Waals surface area contributed by atoms with Crippen LogP contribution in [0.15, 0.2) is 30.6 Å². The van der Waals surface area contributed by atoms with Crippen molar-refractivity contribution in [1.29, 1.82) is 5.26 Å². The van der Waals surface area contributed by atoms with Gasteiger partial charge in [0.05, 0.1) is 17.1 Å². The first-order valence-electron chi connectivity index (χ1n) is 3.57. The summed E-state index contributed by atoms with van der Waals surface area (Å²) in [5.74, 6) is 0. The highest BCUT2D eigenvalue weighted by atomic mass is 14.7. The van der Waals surface area contributed by atoms with Gasteiger partial charge in [0.25, 0.3) is 0 Å². The zero-order chi connectivity index (χ0) is 8.81. The summed E-state index contributed by atoms with van der Waals surface area (Å²) in [6, 6.07) is 7.62. The average Bonchev–Trinajstić information content (AvgIpc) is 2.52. The van der Waals surface area contributed by atoms with Gasteiger partial charge in [-0.1, -0.05) is 0 Å². The number of nitrogens with zero attached hydrogens (tertiary/aromatic N) is 2. The molecule has 0 aliphatic heterocycles. The normalized spacial score (nSPS) is 8.33. The summed E-state index contributed by atoms with van der Waals surface area (Å²) in [6.07, 6.45) is 3.67. The number of nitriles is 1. The molecule has 2 aromatic heterocycles. The van der Waals surface area contributed by atoms with Crippen LogP contribution in [0.1, 0.15) is 6.92 Å². The minimum atomic E-state index is 1.03. The summed E-state index contributed by atoms with van der Waals surface area (Å²) in [5, 5.41) is 7.32. The van der Waals surface area contributed by atoms with Crippen LogP contribution in [0, 0.1) is 11.3 Å². The Morgan fingerprint density at radius 1 is 1.50 bits per heavy atom. The second-order valence-electron chi connectivity index (χ2n) is 2.14. The third kappa shape index (κ3) is 1.83. The summed E-state index contributed by atoms with van der Waals surface area (Å²) >= 11 is 0. The molecule has 1 N–H and O–H groups in total. The van der Waals surface area contributed by atoms with Gasteiger partial charge in [0.2, 0.25) is 0 Å². The molecule has 0 aromatic carbocycles. The number of aromatic amines is 1. The fraction of sp³-hybridized carbons (Fsp3) is 0.111. The Kier molecular flexibility index (Phi) is 2.86. The first-order valence-corrected chi connectivity index (χ1v) is 3.57. The molecule has 0 radical (unpaired) electrons. The molecule has 3 nitrogen and oxygen atoms in total. The lowest BCUT2D eigenvalue weighted by Gasteiger charge is -1.82. The van der Waals surface area contributed by atoms with Crippen molar-refractivity contribution in [3.05, 3.63) is 30.6 Å². The lowest BCUT2D eigenvalue weighted by atomic mass is 10.4. The van der Waals surface area contributed by atoms with Crippen LogP contribution < -0.4 is 0 Å². The van der Waals surface area contributed by atoms with E-state index in [0.29, 0.717) is 0 Å². The van der Waals surface area contributed by atoms with E-state index in [1.165, 1.54) is 6.92 Å². The minimum Gasteiger partial charge on any atom is -0.360 e. The third-order valence-corrected chi connectivity index (χ3v) is 1.32. The molecule has 0 aliphatic carbocycles. The standard InChI is InChI=1S/C7H6N2.C2H3N/c1-2-6-7(8-4-1)3-5-9-6;1-2-3/h1-5,9H;1H3. The van der Waals surface area contributed by atoms with Crippen molar-refractivity contribution in [3.8, 4) is 6.07 Å². The molecule has 2 rings (SSSR count). The zero-order valence-corrected chi connectivity index (χ0v) is 6.78. The lowest BCUT2D eigenvalue weighted by molar-refractivity contribution is 1.41. The van der Waals surface area contributed by atoms with Crippen molar-refractivity contribution >= 4 is 11.0 Å². The molecule has 0 aliphatic rings. The van der Waals surface area contributed by atoms with Gasteiger partial charge in [-0.15, -0.1) is 0 Å². The van der Waals surface area contributed by atoms with Gasteiger partial charge >= 0.3 is 0 Å². The highest BCUT2D eigenvalue weighted by Crippen LogP contribution is 2.05. The predicted molar refractivity (Wildman–Crippen MR) is 47.4 cm³/mol. The molecule has 12 heavy (non-hydrogen) atoms. The van der Waals surface area contributed by atoms with Crippen LogP contribution in [0.3, 0.4) is 0 Å². The van der Waals surface area contributed by atoms with Crippen LogP contribution >= 0.6 is 0 Å². The number of hydrogen-bond donors (Lipinski definition) is 1. The topological polar surface area (TPSA) is 52.5 Å². The van der Waals surface area contributed by atoms with Crippen LogP contribution in [0.2, 0.25) is 0 Å². The Morgan fingerprint density at radius 2 is 2.25 bits per heavy atom. The quantitative estimate of drug-likeness (QED) is 0.639. The summed E-state index contributed by atoms with van der Waals surface area (Å²) in [6.45, 7) is 1.43. The molecular weight excluding hydrogens is 150 g/mol. The number of H-pyrrole nitrogens is 1. The van der Waals surface area contributed by atoms with E-state index < -0.39 is 0 Å². The maximum absolute atomic E-state index is 7.32. The number of rotatable bonds is 0. The van der Waals surface area contributed by atoms with Gasteiger partial charge in [-0.3, -0.25) is 4.98 Å². The van der Waals surface area contributed by atoms with E-state index >= 15 is 0 Å². The highest BCUT2D eigenvalue weighted by molar-refractivity contribution is 5.73. The molecule has 3 heteroatoms. The number of nitrogens with one attached hydrogen (secondary N) is 1. The van der Waals surface area contributed by atoms with E-state index in [9.17, 15) is 0 Å². The second-order valence-corrected chi connectivity index (χ2v) is 2.14. The summed E-state index contributed by atoms with van der Waals surface area (Å²) in [4.78, 5) is 7.17. The maximum Gasteiger partial charge on any atom is 0.0878 e. The average molecular weight is 159 g/mol. The Morgan fingerprint density at radius 3 is 2.92 bits per heavy atom. The SMILES string of the molecule is CC#N.c1cnc2cc[nH]c2c1. The van der Waals surface area contributed by atoms with Gasteiger partial charge in [-0.05, 0) is 18.2 Å². The van der Waals surface area contributed by atoms with Gasteiger partial charge in [0, 0.05) is 19.3 Å². The predicted octanol–water partition coefficient (Wildman–Crippen LogP) is 2.09. The molecule has 0 fully saturated rings. The Labute approximate surface area is 70.7 Å². The Balaban J connectivity index is 0.000000213. The Bertz CT molecular complexity index is 354. The molecule has 60 valence electrons. The van der Waals surface area contributed by atoms with Crippen LogP contribution in [0.4, 0.5) is 0 Å². The monoisotopic (exact) mass is 159 g/mol. The lowest BCUT2D eigenvalue weighted by Crippen LogP contribution is -1.68. The van der Waals surface area contributed by atoms with Crippen molar-refractivity contribution in [2.75, 3.05) is 0 Å². The van der Waals surface area contributed by atoms with Crippen LogP contribution in [0.5, 0.6) is 0 Å². The van der Waals surface area contributed by atoms with Crippen molar-refractivity contribution in [3.63, 3.8) is 0 Å². The van der Waals surface area contributed by atoms with Crippen molar-refractivity contribution in [1.82, 2.24) is 9.97 Å². The highest BCUT2D eigenvalue weighted by Gasteiger charge is 1.88. The molecular formula is C9H9N3. The van der Waals surface area contributed by atoms with Gasteiger partial charge in [-0.2, -0.15) is 5.26 Å². The van der Waals surface area contributed by atoms with Crippen molar-refractivity contribution < 1.29 is 0 Å². The molecule has 0 unspecified atom stereocenters. The summed E-state index contributed by atoms with van der Waals surface area (Å²) in [7, 11) is 0. The smallest absolute Gasteiger partial charge is 0.0878 e. The van der Waals surface area contributed by atoms with E-state index in [1.54, 1.807) is 12.3 Å². The molecule has 0 atom stereocenters. The number of aromatic nitrogens is 2. The van der Waals surface area contributed by atoms with Crippen LogP contribution in [-0.4, -0.2) is 9.97 Å². The van der Waals surface area contributed by atoms with Crippen molar-refractivity contribution in [2.24, 2.45) is 0 Å². The molecule has 2 aromatic rings. The van der Waals surface area contributed by atoms with Gasteiger partial charge in [0.1, 0.15) is 0 Å². The fourth-order valence-electron chi connectivity index (χ4n) is 0.883. The summed E-state index contributed by atoms with van der Waals surface area (Å²) < 4.78 is 0. The van der Waals surface area contributed by atoms with Gasteiger partial charge in [-0.25, -0.2) is 0 Å². The van der Waals surface area contributed by atoms with Gasteiger partial charge < -0.3 is 4.98 Å². The van der Waals surface area contributed by atoms with Crippen LogP contribution in [0.25, 0.3) is 11.0 Å². The molecule has 0 spiro atoms. The number of hydrogen-bond acceptors (Lipinski definition) is 2. The Hall–Kier alpha value is -1.82. The molecule has 0 saturated heterocycles. The van der Waals surface area contributed by atoms with Crippen LogP contribution in [-0.2, 0) is 0 Å². The minimum absolute atomic E-state index is 1.03. The summed E-state index contributed by atoms with van der Waals surface area (Å²) in [5.41, 5.74) is 2.12. The van der Waals surface area contributed by atoms with E-state index in [1.807, 2.05) is 24.4 Å². The van der Waals surface area contributed by atoms with E-state index in [4.69, 9.17) is 5.26 Å². The van der Waals surface area contributed by atoms with E-state index in [2.05, 4.69) is 9.97 Å². The molecule has 0 amide bonds. The fourth-order valence-corrected chi connectivity index (χ4v) is 0.883. The zero-order valence-electron chi connectivity index (χ0n) is 6.78. The van der Waals surface area contributed by atoms with E-state index in [0.717, 1.165) is 11.0 Å². The van der Waals surface area contributed by atoms with Gasteiger partial charge in [0.15, 0.2) is 0 Å². The maximum atomic E-state index is 7.32. The largest absolute Gasteiger partial charge is 0.360 e. The first-order chi connectivity index (χ1) is 5.88.